The van der Waals surface area contributed by atoms with Gasteiger partial charge in [0.25, 0.3) is 0 Å². The van der Waals surface area contributed by atoms with E-state index in [0.717, 1.165) is 18.9 Å². The van der Waals surface area contributed by atoms with Crippen molar-refractivity contribution in [1.82, 2.24) is 25.1 Å². The molecule has 3 aromatic rings. The first-order valence-corrected chi connectivity index (χ1v) is 8.47. The molecule has 26 heavy (non-hydrogen) atoms. The highest BCUT2D eigenvalue weighted by molar-refractivity contribution is 5.95. The van der Waals surface area contributed by atoms with E-state index in [1.54, 1.807) is 30.6 Å². The van der Waals surface area contributed by atoms with Crippen LogP contribution in [0.5, 0.6) is 0 Å². The zero-order valence-electron chi connectivity index (χ0n) is 14.4. The highest BCUT2D eigenvalue weighted by Crippen LogP contribution is 2.28. The molecule has 0 atom stereocenters. The smallest absolute Gasteiger partial charge is 0.336 e. The zero-order valence-corrected chi connectivity index (χ0v) is 14.4. The highest BCUT2D eigenvalue weighted by atomic mass is 16.4. The normalized spacial score (nSPS) is 15.0. The number of aromatic nitrogens is 4. The first-order valence-electron chi connectivity index (χ1n) is 8.47. The number of aromatic amines is 1. The molecule has 132 valence electrons. The number of nitrogens with one attached hydrogen (secondary N) is 1. The number of H-pyrrole nitrogens is 1. The fraction of sp³-hybridized carbons (Fsp3) is 0.263. The highest BCUT2D eigenvalue weighted by Gasteiger charge is 2.30. The lowest BCUT2D eigenvalue weighted by atomic mass is 9.94. The van der Waals surface area contributed by atoms with Crippen LogP contribution in [0.2, 0.25) is 0 Å². The maximum atomic E-state index is 11.4. The topological polar surface area (TPSA) is 95.0 Å². The second-order valence-electron chi connectivity index (χ2n) is 6.60. The third-order valence-corrected chi connectivity index (χ3v) is 4.77. The summed E-state index contributed by atoms with van der Waals surface area (Å²) in [5, 5.41) is 16.5. The minimum atomic E-state index is -0.953. The molecule has 2 N–H and O–H groups in total. The molecule has 1 aliphatic rings. The van der Waals surface area contributed by atoms with Gasteiger partial charge in [-0.1, -0.05) is 18.2 Å². The first kappa shape index (κ1) is 16.4. The van der Waals surface area contributed by atoms with Gasteiger partial charge in [0.15, 0.2) is 0 Å². The number of aromatic carboxylic acids is 1. The Morgan fingerprint density at radius 3 is 2.62 bits per heavy atom. The Morgan fingerprint density at radius 1 is 1.23 bits per heavy atom. The van der Waals surface area contributed by atoms with E-state index in [9.17, 15) is 9.90 Å². The third-order valence-electron chi connectivity index (χ3n) is 4.77. The number of hydrogen-bond acceptors (Lipinski definition) is 5. The molecule has 1 saturated heterocycles. The number of rotatable bonds is 5. The van der Waals surface area contributed by atoms with Crippen LogP contribution in [-0.2, 0) is 6.54 Å². The van der Waals surface area contributed by atoms with Crippen molar-refractivity contribution >= 4 is 5.97 Å². The fourth-order valence-corrected chi connectivity index (χ4v) is 3.35. The minimum Gasteiger partial charge on any atom is -0.478 e. The van der Waals surface area contributed by atoms with Gasteiger partial charge in [-0.2, -0.15) is 5.10 Å². The Hall–Kier alpha value is -3.06. The number of aryl methyl sites for hydroxylation is 1. The van der Waals surface area contributed by atoms with Crippen molar-refractivity contribution in [3.05, 3.63) is 65.5 Å². The fourth-order valence-electron chi connectivity index (χ4n) is 3.35. The maximum Gasteiger partial charge on any atom is 0.336 e. The van der Waals surface area contributed by atoms with Crippen LogP contribution in [0.15, 0.2) is 42.9 Å². The minimum absolute atomic E-state index is 0.254. The van der Waals surface area contributed by atoms with Crippen molar-refractivity contribution in [2.24, 2.45) is 0 Å². The number of carboxylic acid groups (broad SMARTS) is 1. The Kier molecular flexibility index (Phi) is 4.22. The Morgan fingerprint density at radius 2 is 1.96 bits per heavy atom. The molecular formula is C19H19N5O2. The summed E-state index contributed by atoms with van der Waals surface area (Å²) < 4.78 is 0. The zero-order chi connectivity index (χ0) is 18.1. The summed E-state index contributed by atoms with van der Waals surface area (Å²) in [4.78, 5) is 22.5. The van der Waals surface area contributed by atoms with Crippen molar-refractivity contribution in [1.29, 1.82) is 0 Å². The van der Waals surface area contributed by atoms with Crippen LogP contribution in [0.3, 0.4) is 0 Å². The van der Waals surface area contributed by atoms with Crippen LogP contribution in [0.4, 0.5) is 0 Å². The van der Waals surface area contributed by atoms with Crippen molar-refractivity contribution in [3.63, 3.8) is 0 Å². The number of likely N-dealkylation sites (tertiary alicyclic amines) is 1. The maximum absolute atomic E-state index is 11.4. The van der Waals surface area contributed by atoms with Crippen LogP contribution < -0.4 is 0 Å². The van der Waals surface area contributed by atoms with Crippen LogP contribution in [0.25, 0.3) is 11.1 Å². The van der Waals surface area contributed by atoms with Crippen molar-refractivity contribution in [2.75, 3.05) is 13.1 Å². The van der Waals surface area contributed by atoms with Crippen molar-refractivity contribution in [3.8, 4) is 11.1 Å². The molecule has 0 saturated carbocycles. The van der Waals surface area contributed by atoms with Gasteiger partial charge in [0.2, 0.25) is 0 Å². The number of carboxylic acids is 1. The van der Waals surface area contributed by atoms with Crippen LogP contribution in [-0.4, -0.2) is 49.2 Å². The molecule has 0 spiro atoms. The van der Waals surface area contributed by atoms with Gasteiger partial charge < -0.3 is 5.11 Å². The van der Waals surface area contributed by atoms with E-state index in [1.165, 1.54) is 11.3 Å². The predicted octanol–water partition coefficient (Wildman–Crippen LogP) is 2.47. The monoisotopic (exact) mass is 349 g/mol. The summed E-state index contributed by atoms with van der Waals surface area (Å²) in [6.45, 7) is 4.66. The summed E-state index contributed by atoms with van der Waals surface area (Å²) in [6, 6.07) is 6.88. The molecule has 7 nitrogen and oxygen atoms in total. The summed E-state index contributed by atoms with van der Waals surface area (Å²) >= 11 is 0. The Bertz CT molecular complexity index is 929. The number of hydrogen-bond donors (Lipinski definition) is 2. The SMILES string of the molecule is Cc1cn[nH]c1C1CN(Cc2ncc(-c3ccccc3C(=O)O)cn2)C1. The van der Waals surface area contributed by atoms with Gasteiger partial charge >= 0.3 is 5.97 Å². The third kappa shape index (κ3) is 3.09. The van der Waals surface area contributed by atoms with Crippen molar-refractivity contribution < 1.29 is 9.90 Å². The molecule has 1 aliphatic heterocycles. The van der Waals surface area contributed by atoms with Gasteiger partial charge in [-0.25, -0.2) is 14.8 Å². The van der Waals surface area contributed by atoms with Crippen LogP contribution >= 0.6 is 0 Å². The number of benzene rings is 1. The molecule has 1 aromatic carbocycles. The second-order valence-corrected chi connectivity index (χ2v) is 6.60. The molecule has 0 amide bonds. The summed E-state index contributed by atoms with van der Waals surface area (Å²) in [5.41, 5.74) is 4.01. The standard InChI is InChI=1S/C19H19N5O2/c1-12-6-22-23-18(12)14-9-24(10-14)11-17-20-7-13(8-21-17)15-4-2-3-5-16(15)19(25)26/h2-8,14H,9-11H2,1H3,(H,22,23)(H,25,26). The predicted molar refractivity (Wildman–Crippen MR) is 95.8 cm³/mol. The van der Waals surface area contributed by atoms with Gasteiger partial charge in [-0.15, -0.1) is 0 Å². The molecule has 7 heteroatoms. The Labute approximate surface area is 150 Å². The average Bonchev–Trinajstić information content (AvgIpc) is 3.04. The molecule has 0 aliphatic carbocycles. The molecule has 3 heterocycles. The van der Waals surface area contributed by atoms with Crippen LogP contribution in [0.1, 0.15) is 33.4 Å². The van der Waals surface area contributed by atoms with Gasteiger partial charge in [0.1, 0.15) is 5.82 Å². The summed E-state index contributed by atoms with van der Waals surface area (Å²) in [7, 11) is 0. The first-order chi connectivity index (χ1) is 12.6. The van der Waals surface area contributed by atoms with E-state index in [1.807, 2.05) is 12.3 Å². The lowest BCUT2D eigenvalue weighted by molar-refractivity contribution is 0.0697. The molecule has 4 rings (SSSR count). The van der Waals surface area contributed by atoms with Gasteiger partial charge in [0, 0.05) is 42.7 Å². The number of nitrogens with zero attached hydrogens (tertiary/aromatic N) is 4. The molecule has 2 aromatic heterocycles. The lowest BCUT2D eigenvalue weighted by Crippen LogP contribution is -2.44. The molecule has 0 unspecified atom stereocenters. The van der Waals surface area contributed by atoms with E-state index >= 15 is 0 Å². The van der Waals surface area contributed by atoms with Crippen LogP contribution in [0, 0.1) is 6.92 Å². The average molecular weight is 349 g/mol. The quantitative estimate of drug-likeness (QED) is 0.735. The number of carbonyl (C=O) groups is 1. The van der Waals surface area contributed by atoms with E-state index in [0.29, 0.717) is 23.6 Å². The van der Waals surface area contributed by atoms with Gasteiger partial charge in [-0.05, 0) is 24.1 Å². The van der Waals surface area contributed by atoms with E-state index < -0.39 is 5.97 Å². The van der Waals surface area contributed by atoms with Crippen molar-refractivity contribution in [2.45, 2.75) is 19.4 Å². The van der Waals surface area contributed by atoms with E-state index in [2.05, 4.69) is 32.0 Å². The molecule has 0 radical (unpaired) electrons. The Balaban J connectivity index is 1.42. The lowest BCUT2D eigenvalue weighted by Gasteiger charge is -2.38. The molecular weight excluding hydrogens is 330 g/mol. The van der Waals surface area contributed by atoms with E-state index in [-0.39, 0.29) is 5.56 Å². The van der Waals surface area contributed by atoms with E-state index in [4.69, 9.17) is 0 Å². The van der Waals surface area contributed by atoms with Gasteiger partial charge in [0.05, 0.1) is 18.3 Å². The van der Waals surface area contributed by atoms with Gasteiger partial charge in [-0.3, -0.25) is 10.00 Å². The molecule has 1 fully saturated rings. The second kappa shape index (κ2) is 6.68. The summed E-state index contributed by atoms with van der Waals surface area (Å²) in [6.07, 6.45) is 5.25. The largest absolute Gasteiger partial charge is 0.478 e. The molecule has 0 bridgehead atoms. The summed E-state index contributed by atoms with van der Waals surface area (Å²) in [5.74, 6) is 0.269.